The summed E-state index contributed by atoms with van der Waals surface area (Å²) in [5, 5.41) is 8.93. The molecular formula is C14H23NO2S. The van der Waals surface area contributed by atoms with Gasteiger partial charge >= 0.3 is 0 Å². The van der Waals surface area contributed by atoms with Crippen molar-refractivity contribution >= 4 is 17.2 Å². The van der Waals surface area contributed by atoms with Crippen molar-refractivity contribution in [1.29, 1.82) is 0 Å². The second-order valence-electron chi connectivity index (χ2n) is 4.66. The predicted octanol–water partition coefficient (Wildman–Crippen LogP) is 2.81. The van der Waals surface area contributed by atoms with Crippen molar-refractivity contribution < 1.29 is 9.90 Å². The van der Waals surface area contributed by atoms with Crippen LogP contribution in [0.5, 0.6) is 0 Å². The molecule has 0 saturated heterocycles. The third kappa shape index (κ3) is 4.42. The van der Waals surface area contributed by atoms with Crippen LogP contribution in [0.2, 0.25) is 0 Å². The lowest BCUT2D eigenvalue weighted by molar-refractivity contribution is -0.135. The summed E-state index contributed by atoms with van der Waals surface area (Å²) in [5.74, 6) is 0.252. The van der Waals surface area contributed by atoms with E-state index >= 15 is 0 Å². The van der Waals surface area contributed by atoms with Crippen molar-refractivity contribution in [3.8, 4) is 0 Å². The van der Waals surface area contributed by atoms with Crippen molar-refractivity contribution in [1.82, 2.24) is 4.90 Å². The molecule has 0 aliphatic heterocycles. The summed E-state index contributed by atoms with van der Waals surface area (Å²) in [6, 6.07) is 4.16. The lowest BCUT2D eigenvalue weighted by Gasteiger charge is -2.24. The molecule has 102 valence electrons. The number of nitrogens with zero attached hydrogens (tertiary/aromatic N) is 1. The number of aliphatic hydroxyl groups is 1. The van der Waals surface area contributed by atoms with Crippen LogP contribution in [0.25, 0.3) is 0 Å². The molecule has 0 bridgehead atoms. The van der Waals surface area contributed by atoms with Gasteiger partial charge in [0.1, 0.15) is 0 Å². The third-order valence-corrected chi connectivity index (χ3v) is 4.06. The average molecular weight is 269 g/mol. The smallest absolute Gasteiger partial charge is 0.225 e. The van der Waals surface area contributed by atoms with Gasteiger partial charge in [-0.05, 0) is 31.9 Å². The quantitative estimate of drug-likeness (QED) is 0.827. The Kier molecular flexibility index (Phi) is 6.36. The molecule has 0 spiro atoms. The molecule has 1 amide bonds. The topological polar surface area (TPSA) is 40.5 Å². The lowest BCUT2D eigenvalue weighted by Crippen LogP contribution is -2.35. The number of thiophene rings is 1. The van der Waals surface area contributed by atoms with Crippen LogP contribution in [0.3, 0.4) is 0 Å². The second-order valence-corrected chi connectivity index (χ2v) is 6.03. The van der Waals surface area contributed by atoms with Crippen molar-refractivity contribution in [3.63, 3.8) is 0 Å². The summed E-state index contributed by atoms with van der Waals surface area (Å²) in [6.07, 6.45) is 1.50. The highest BCUT2D eigenvalue weighted by Gasteiger charge is 2.19. The molecule has 1 N–H and O–H groups in total. The number of carbonyl (C=O) groups excluding carboxylic acids is 1. The fraction of sp³-hybridized carbons (Fsp3) is 0.643. The highest BCUT2D eigenvalue weighted by molar-refractivity contribution is 7.11. The van der Waals surface area contributed by atoms with Gasteiger partial charge in [-0.3, -0.25) is 4.79 Å². The van der Waals surface area contributed by atoms with Crippen LogP contribution in [0, 0.1) is 12.8 Å². The minimum absolute atomic E-state index is 0.0600. The highest BCUT2D eigenvalue weighted by Crippen LogP contribution is 2.19. The third-order valence-electron chi connectivity index (χ3n) is 3.07. The molecule has 18 heavy (non-hydrogen) atoms. The van der Waals surface area contributed by atoms with Gasteiger partial charge < -0.3 is 10.0 Å². The Labute approximate surface area is 113 Å². The van der Waals surface area contributed by atoms with E-state index in [1.807, 2.05) is 18.7 Å². The zero-order chi connectivity index (χ0) is 13.5. The standard InChI is InChI=1S/C14H23NO2S/c1-4-11(2)14(17)15(8-5-9-16)10-13-7-6-12(3)18-13/h6-7,11,16H,4-5,8-10H2,1-3H3. The van der Waals surface area contributed by atoms with Crippen LogP contribution >= 0.6 is 11.3 Å². The van der Waals surface area contributed by atoms with Gasteiger partial charge in [0, 0.05) is 28.8 Å². The summed E-state index contributed by atoms with van der Waals surface area (Å²) >= 11 is 1.73. The van der Waals surface area contributed by atoms with Gasteiger partial charge in [-0.2, -0.15) is 0 Å². The van der Waals surface area contributed by atoms with Gasteiger partial charge in [-0.25, -0.2) is 0 Å². The van der Waals surface area contributed by atoms with Crippen LogP contribution in [-0.4, -0.2) is 29.1 Å². The van der Waals surface area contributed by atoms with E-state index in [4.69, 9.17) is 5.11 Å². The molecule has 0 radical (unpaired) electrons. The van der Waals surface area contributed by atoms with E-state index in [9.17, 15) is 4.79 Å². The van der Waals surface area contributed by atoms with E-state index in [1.165, 1.54) is 9.75 Å². The Hall–Kier alpha value is -0.870. The molecule has 0 aliphatic rings. The molecular weight excluding hydrogens is 246 g/mol. The zero-order valence-electron chi connectivity index (χ0n) is 11.5. The maximum atomic E-state index is 12.2. The number of hydrogen-bond donors (Lipinski definition) is 1. The Morgan fingerprint density at radius 1 is 1.50 bits per heavy atom. The molecule has 1 aromatic rings. The SMILES string of the molecule is CCC(C)C(=O)N(CCCO)Cc1ccc(C)s1. The van der Waals surface area contributed by atoms with E-state index in [1.54, 1.807) is 11.3 Å². The molecule has 1 atom stereocenters. The molecule has 0 fully saturated rings. The first kappa shape index (κ1) is 15.2. The van der Waals surface area contributed by atoms with Gasteiger partial charge in [0.2, 0.25) is 5.91 Å². The van der Waals surface area contributed by atoms with Gasteiger partial charge in [0.25, 0.3) is 0 Å². The van der Waals surface area contributed by atoms with Crippen LogP contribution < -0.4 is 0 Å². The second kappa shape index (κ2) is 7.54. The molecule has 0 saturated carbocycles. The predicted molar refractivity (Wildman–Crippen MR) is 75.6 cm³/mol. The molecule has 0 aromatic carbocycles. The van der Waals surface area contributed by atoms with E-state index in [0.717, 1.165) is 6.42 Å². The van der Waals surface area contributed by atoms with E-state index in [-0.39, 0.29) is 18.4 Å². The number of hydrogen-bond acceptors (Lipinski definition) is 3. The molecule has 1 unspecified atom stereocenters. The van der Waals surface area contributed by atoms with Crippen LogP contribution in [0.15, 0.2) is 12.1 Å². The highest BCUT2D eigenvalue weighted by atomic mass is 32.1. The molecule has 0 aliphatic carbocycles. The van der Waals surface area contributed by atoms with Gasteiger partial charge in [-0.1, -0.05) is 13.8 Å². The van der Waals surface area contributed by atoms with Crippen LogP contribution in [0.4, 0.5) is 0 Å². The first-order chi connectivity index (χ1) is 8.58. The molecule has 1 heterocycles. The molecule has 1 rings (SSSR count). The average Bonchev–Trinajstić information content (AvgIpc) is 2.78. The first-order valence-electron chi connectivity index (χ1n) is 6.53. The normalized spacial score (nSPS) is 12.4. The lowest BCUT2D eigenvalue weighted by atomic mass is 10.1. The van der Waals surface area contributed by atoms with Gasteiger partial charge in [0.05, 0.1) is 6.54 Å². The maximum Gasteiger partial charge on any atom is 0.225 e. The number of amides is 1. The minimum atomic E-state index is 0.0600. The first-order valence-corrected chi connectivity index (χ1v) is 7.35. The van der Waals surface area contributed by atoms with Crippen LogP contribution in [-0.2, 0) is 11.3 Å². The zero-order valence-corrected chi connectivity index (χ0v) is 12.3. The van der Waals surface area contributed by atoms with Gasteiger partial charge in [0.15, 0.2) is 0 Å². The summed E-state index contributed by atoms with van der Waals surface area (Å²) in [4.78, 5) is 16.6. The maximum absolute atomic E-state index is 12.2. The molecule has 3 nitrogen and oxygen atoms in total. The Balaban J connectivity index is 2.68. The van der Waals surface area contributed by atoms with E-state index in [0.29, 0.717) is 19.5 Å². The Bertz CT molecular complexity index is 376. The molecule has 4 heteroatoms. The number of carbonyl (C=O) groups is 1. The minimum Gasteiger partial charge on any atom is -0.396 e. The monoisotopic (exact) mass is 269 g/mol. The molecule has 1 aromatic heterocycles. The number of aliphatic hydroxyl groups excluding tert-OH is 1. The largest absolute Gasteiger partial charge is 0.396 e. The van der Waals surface area contributed by atoms with Crippen molar-refractivity contribution in [2.24, 2.45) is 5.92 Å². The van der Waals surface area contributed by atoms with Crippen molar-refractivity contribution in [2.75, 3.05) is 13.2 Å². The van der Waals surface area contributed by atoms with Crippen LogP contribution in [0.1, 0.15) is 36.4 Å². The number of aryl methyl sites for hydroxylation is 1. The van der Waals surface area contributed by atoms with E-state index in [2.05, 4.69) is 19.1 Å². The summed E-state index contributed by atoms with van der Waals surface area (Å²) in [5.41, 5.74) is 0. The number of rotatable bonds is 7. The Morgan fingerprint density at radius 3 is 2.72 bits per heavy atom. The summed E-state index contributed by atoms with van der Waals surface area (Å²) < 4.78 is 0. The van der Waals surface area contributed by atoms with E-state index < -0.39 is 0 Å². The Morgan fingerprint density at radius 2 is 2.22 bits per heavy atom. The summed E-state index contributed by atoms with van der Waals surface area (Å²) in [7, 11) is 0. The van der Waals surface area contributed by atoms with Crippen molar-refractivity contribution in [2.45, 2.75) is 40.2 Å². The fourth-order valence-electron chi connectivity index (χ4n) is 1.77. The summed E-state index contributed by atoms with van der Waals surface area (Å²) in [6.45, 7) is 7.50. The van der Waals surface area contributed by atoms with Crippen molar-refractivity contribution in [3.05, 3.63) is 21.9 Å². The fourth-order valence-corrected chi connectivity index (χ4v) is 2.68. The van der Waals surface area contributed by atoms with Gasteiger partial charge in [-0.15, -0.1) is 11.3 Å².